The average molecular weight is 1360 g/mol. The van der Waals surface area contributed by atoms with Gasteiger partial charge in [-0.15, -0.1) is 0 Å². The highest BCUT2D eigenvalue weighted by Crippen LogP contribution is 2.63. The molecule has 20 nitrogen and oxygen atoms in total. The van der Waals surface area contributed by atoms with E-state index >= 15 is 18.3 Å². The molecule has 0 aliphatic heterocycles. The lowest BCUT2D eigenvalue weighted by molar-refractivity contribution is -0.234. The number of phosphoric acid groups is 4. The van der Waals surface area contributed by atoms with Crippen LogP contribution in [0, 0.1) is 0 Å². The number of benzene rings is 8. The Morgan fingerprint density at radius 1 is 0.255 bits per heavy atom. The highest BCUT2D eigenvalue weighted by Gasteiger charge is 2.64. The number of rotatable bonds is 38. The van der Waals surface area contributed by atoms with Gasteiger partial charge in [0, 0.05) is 12.8 Å². The van der Waals surface area contributed by atoms with Gasteiger partial charge < -0.3 is 9.47 Å². The van der Waals surface area contributed by atoms with Crippen molar-refractivity contribution in [3.8, 4) is 0 Å². The molecule has 0 bridgehead atoms. The van der Waals surface area contributed by atoms with Gasteiger partial charge in [0.05, 0.1) is 52.9 Å². The number of hydrogen-bond acceptors (Lipinski definition) is 20. The van der Waals surface area contributed by atoms with Crippen LogP contribution in [0.1, 0.15) is 84.0 Å². The molecule has 0 heterocycles. The summed E-state index contributed by atoms with van der Waals surface area (Å²) in [7, 11) is -21.2. The minimum atomic E-state index is -5.33. The second-order valence-electron chi connectivity index (χ2n) is 21.6. The second kappa shape index (κ2) is 36.3. The molecule has 1 fully saturated rings. The lowest BCUT2D eigenvalue weighted by Crippen LogP contribution is -2.67. The van der Waals surface area contributed by atoms with Crippen LogP contribution in [0.4, 0.5) is 0 Å². The molecule has 24 heteroatoms. The van der Waals surface area contributed by atoms with Crippen molar-refractivity contribution in [3.05, 3.63) is 287 Å². The van der Waals surface area contributed by atoms with Gasteiger partial charge in [0.25, 0.3) is 0 Å². The Bertz CT molecular complexity index is 3300. The summed E-state index contributed by atoms with van der Waals surface area (Å²) in [4.78, 5) is 29.2. The fourth-order valence-corrected chi connectivity index (χ4v) is 14.9. The van der Waals surface area contributed by atoms with Gasteiger partial charge in [-0.1, -0.05) is 257 Å². The van der Waals surface area contributed by atoms with E-state index in [-0.39, 0.29) is 25.7 Å². The molecule has 1 aliphatic rings. The predicted octanol–water partition coefficient (Wildman–Crippen LogP) is 17.1. The van der Waals surface area contributed by atoms with E-state index in [4.69, 9.17) is 63.8 Å². The Labute approximate surface area is 548 Å². The monoisotopic (exact) mass is 1360 g/mol. The second-order valence-corrected chi connectivity index (χ2v) is 28.0. The maximum Gasteiger partial charge on any atom is 0.475 e. The summed E-state index contributed by atoms with van der Waals surface area (Å²) in [6.45, 7) is -0.0983. The molecule has 6 atom stereocenters. The SMILES string of the molecule is CCCC(=O)O[C@@H]1[C@H](OC(=O)CCC)[C@@H](OP(=O)(OCc2ccccc2)OCc2ccccc2)[C@H](OP(=O)(OCc2ccccc2)OCc2ccccc2)[C@@H](OP(=O)(OCc2ccccc2)OCc2ccccc2)[C@@H]1OP(=O)(OCc1ccccc1)OCc1ccccc1. The maximum absolute atomic E-state index is 16.4. The van der Waals surface area contributed by atoms with Crippen molar-refractivity contribution in [2.24, 2.45) is 0 Å². The van der Waals surface area contributed by atoms with Gasteiger partial charge in [0.2, 0.25) is 0 Å². The lowest BCUT2D eigenvalue weighted by atomic mass is 9.84. The topological polar surface area (TPSA) is 232 Å². The molecule has 0 aromatic heterocycles. The van der Waals surface area contributed by atoms with Crippen LogP contribution in [-0.2, 0) is 144 Å². The molecule has 1 saturated carbocycles. The van der Waals surface area contributed by atoms with Crippen LogP contribution in [0.5, 0.6) is 0 Å². The van der Waals surface area contributed by atoms with Crippen LogP contribution in [0.2, 0.25) is 0 Å². The number of esters is 2. The van der Waals surface area contributed by atoms with Crippen LogP contribution in [0.25, 0.3) is 0 Å². The molecule has 496 valence electrons. The van der Waals surface area contributed by atoms with Gasteiger partial charge in [0.15, 0.2) is 12.2 Å². The number of carbonyl (C=O) groups is 2. The molecule has 0 N–H and O–H groups in total. The van der Waals surface area contributed by atoms with Crippen LogP contribution in [0.15, 0.2) is 243 Å². The molecule has 8 aromatic carbocycles. The first kappa shape index (κ1) is 71.4. The molecule has 0 saturated heterocycles. The van der Waals surface area contributed by atoms with Gasteiger partial charge in [0.1, 0.15) is 24.4 Å². The highest BCUT2D eigenvalue weighted by atomic mass is 31.2. The van der Waals surface area contributed by atoms with E-state index in [2.05, 4.69) is 0 Å². The van der Waals surface area contributed by atoms with Crippen molar-refractivity contribution in [3.63, 3.8) is 0 Å². The van der Waals surface area contributed by atoms with Crippen molar-refractivity contribution in [2.75, 3.05) is 0 Å². The van der Waals surface area contributed by atoms with Gasteiger partial charge in [-0.05, 0) is 57.3 Å². The fraction of sp³-hybridized carbons (Fsp3) is 0.286. The van der Waals surface area contributed by atoms with E-state index < -0.39 is 133 Å². The summed E-state index contributed by atoms with van der Waals surface area (Å²) in [5.74, 6) is -1.90. The number of hydrogen-bond donors (Lipinski definition) is 0. The minimum Gasteiger partial charge on any atom is -0.455 e. The van der Waals surface area contributed by atoms with Crippen molar-refractivity contribution < 1.29 is 91.6 Å². The van der Waals surface area contributed by atoms with E-state index in [1.165, 1.54) is 0 Å². The summed E-state index contributed by atoms with van der Waals surface area (Å²) in [6.07, 6.45) is -13.9. The fourth-order valence-electron chi connectivity index (χ4n) is 9.51. The highest BCUT2D eigenvalue weighted by molar-refractivity contribution is 7.49. The molecule has 8 aromatic rings. The van der Waals surface area contributed by atoms with E-state index in [1.807, 2.05) is 0 Å². The minimum absolute atomic E-state index is 0.203. The summed E-state index contributed by atoms with van der Waals surface area (Å²) >= 11 is 0. The van der Waals surface area contributed by atoms with Crippen LogP contribution < -0.4 is 0 Å². The molecular weight excluding hydrogens is 1280 g/mol. The first-order valence-corrected chi connectivity index (χ1v) is 36.5. The third kappa shape index (κ3) is 22.6. The lowest BCUT2D eigenvalue weighted by Gasteiger charge is -2.49. The Kier molecular flexibility index (Phi) is 27.6. The zero-order valence-corrected chi connectivity index (χ0v) is 55.6. The zero-order chi connectivity index (χ0) is 65.9. The molecular formula is C70H76O20P4. The van der Waals surface area contributed by atoms with E-state index in [0.29, 0.717) is 44.5 Å². The summed E-state index contributed by atoms with van der Waals surface area (Å²) in [6, 6.07) is 68.9. The van der Waals surface area contributed by atoms with Gasteiger partial charge in [-0.3, -0.25) is 63.9 Å². The van der Waals surface area contributed by atoms with Crippen LogP contribution in [0.3, 0.4) is 0 Å². The normalized spacial score (nSPS) is 17.7. The number of ether oxygens (including phenoxy) is 2. The van der Waals surface area contributed by atoms with E-state index in [1.54, 1.807) is 257 Å². The van der Waals surface area contributed by atoms with E-state index in [9.17, 15) is 9.59 Å². The average Bonchev–Trinajstić information content (AvgIpc) is 0.742. The van der Waals surface area contributed by atoms with Crippen LogP contribution in [-0.4, -0.2) is 48.6 Å². The first-order chi connectivity index (χ1) is 45.7. The van der Waals surface area contributed by atoms with Gasteiger partial charge in [-0.25, -0.2) is 18.3 Å². The molecule has 1 aliphatic carbocycles. The summed E-state index contributed by atoms with van der Waals surface area (Å²) in [5.41, 5.74) is 3.95. The van der Waals surface area contributed by atoms with Crippen LogP contribution >= 0.6 is 31.3 Å². The maximum atomic E-state index is 16.4. The van der Waals surface area contributed by atoms with E-state index in [0.717, 1.165) is 0 Å². The Balaban J connectivity index is 1.31. The van der Waals surface area contributed by atoms with Crippen molar-refractivity contribution in [1.29, 1.82) is 0 Å². The largest absolute Gasteiger partial charge is 0.475 e. The molecule has 94 heavy (non-hydrogen) atoms. The number of phosphoric ester groups is 4. The molecule has 0 radical (unpaired) electrons. The standard InChI is InChI=1S/C70H76O20P4/c1-3-29-63(71)85-65-66(86-64(72)30-4-2)68(88-92(74,79-49-57-35-17-7-18-36-57)80-50-58-37-19-8-20-38-58)70(90-94(76,83-53-61-43-25-11-26-44-61)84-54-62-45-27-12-28-46-62)69(89-93(75,81-51-59-39-21-9-22-40-59)82-52-60-41-23-10-24-42-60)67(65)87-91(73,77-47-55-31-13-5-14-32-55)78-48-56-33-15-6-16-34-56/h5-28,31-46,65-70H,3-4,29-30,47-54H2,1-2H3/t65-,66+,67-,68-,69+,70+/m1/s1. The molecule has 0 spiro atoms. The van der Waals surface area contributed by atoms with Crippen molar-refractivity contribution >= 4 is 43.2 Å². The Hall–Kier alpha value is -6.86. The molecule has 0 amide bonds. The summed E-state index contributed by atoms with van der Waals surface area (Å²) in [5, 5.41) is 0. The van der Waals surface area contributed by atoms with Gasteiger partial charge in [-0.2, -0.15) is 0 Å². The predicted molar refractivity (Wildman–Crippen MR) is 349 cm³/mol. The van der Waals surface area contributed by atoms with Crippen molar-refractivity contribution in [1.82, 2.24) is 0 Å². The number of carbonyl (C=O) groups excluding carboxylic acids is 2. The summed E-state index contributed by atoms with van der Waals surface area (Å²) < 4.78 is 156. The Morgan fingerprint density at radius 2 is 0.404 bits per heavy atom. The molecule has 0 unspecified atom stereocenters. The smallest absolute Gasteiger partial charge is 0.455 e. The zero-order valence-electron chi connectivity index (χ0n) is 52.0. The van der Waals surface area contributed by atoms with Gasteiger partial charge >= 0.3 is 43.2 Å². The van der Waals surface area contributed by atoms with Crippen molar-refractivity contribution in [2.45, 2.75) is 129 Å². The first-order valence-electron chi connectivity index (χ1n) is 30.7. The third-order valence-electron chi connectivity index (χ3n) is 14.2. The Morgan fingerprint density at radius 3 is 0.553 bits per heavy atom. The molecule has 9 rings (SSSR count). The quantitative estimate of drug-likeness (QED) is 0.0258. The third-order valence-corrected chi connectivity index (χ3v) is 19.8.